The van der Waals surface area contributed by atoms with E-state index in [0.717, 1.165) is 11.3 Å². The minimum atomic E-state index is -0.0410. The highest BCUT2D eigenvalue weighted by Gasteiger charge is 2.17. The van der Waals surface area contributed by atoms with Gasteiger partial charge in [-0.25, -0.2) is 0 Å². The Kier molecular flexibility index (Phi) is 4.76. The minimum absolute atomic E-state index is 0.00835. The summed E-state index contributed by atoms with van der Waals surface area (Å²) in [4.78, 5) is 15.3. The fourth-order valence-corrected chi connectivity index (χ4v) is 2.37. The molecule has 3 N–H and O–H groups in total. The van der Waals surface area contributed by atoms with Gasteiger partial charge in [-0.2, -0.15) is 0 Å². The summed E-state index contributed by atoms with van der Waals surface area (Å²) in [6, 6.07) is 1.71. The minimum Gasteiger partial charge on any atom is -0.398 e. The Morgan fingerprint density at radius 3 is 2.69 bits per heavy atom. The zero-order chi connectivity index (χ0) is 12.1. The van der Waals surface area contributed by atoms with Gasteiger partial charge in [-0.15, -0.1) is 11.3 Å². The number of hydrogen-bond donors (Lipinski definition) is 2. The van der Waals surface area contributed by atoms with Crippen LogP contribution in [0.2, 0.25) is 0 Å². The summed E-state index contributed by atoms with van der Waals surface area (Å²) in [5, 5.41) is 8.90. The lowest BCUT2D eigenvalue weighted by atomic mass is 10.3. The van der Waals surface area contributed by atoms with Crippen LogP contribution in [0, 0.1) is 6.92 Å². The van der Waals surface area contributed by atoms with Gasteiger partial charge < -0.3 is 15.7 Å². The number of anilines is 1. The summed E-state index contributed by atoms with van der Waals surface area (Å²) in [5.74, 6) is -0.0410. The van der Waals surface area contributed by atoms with Crippen molar-refractivity contribution < 1.29 is 9.90 Å². The van der Waals surface area contributed by atoms with Crippen molar-refractivity contribution in [1.29, 1.82) is 0 Å². The molecular formula is C11H18N2O2S. The molecule has 0 bridgehead atoms. The van der Waals surface area contributed by atoms with Crippen LogP contribution < -0.4 is 5.73 Å². The van der Waals surface area contributed by atoms with Crippen LogP contribution in [0.1, 0.15) is 27.9 Å². The largest absolute Gasteiger partial charge is 0.398 e. The lowest BCUT2D eigenvalue weighted by Crippen LogP contribution is -2.33. The Morgan fingerprint density at radius 2 is 2.25 bits per heavy atom. The Bertz CT molecular complexity index is 337. The molecule has 0 saturated carbocycles. The zero-order valence-electron chi connectivity index (χ0n) is 9.69. The molecule has 1 aromatic rings. The maximum absolute atomic E-state index is 12.1. The van der Waals surface area contributed by atoms with Gasteiger partial charge in [0.25, 0.3) is 5.91 Å². The van der Waals surface area contributed by atoms with E-state index in [-0.39, 0.29) is 12.5 Å². The third kappa shape index (κ3) is 2.96. The molecule has 4 nitrogen and oxygen atoms in total. The van der Waals surface area contributed by atoms with Crippen LogP contribution in [0.15, 0.2) is 6.07 Å². The number of carbonyl (C=O) groups excluding carboxylic acids is 1. The molecule has 1 rings (SSSR count). The summed E-state index contributed by atoms with van der Waals surface area (Å²) in [5.41, 5.74) is 6.38. The van der Waals surface area contributed by atoms with Crippen LogP contribution in [0.4, 0.5) is 5.69 Å². The number of carbonyl (C=O) groups is 1. The van der Waals surface area contributed by atoms with E-state index < -0.39 is 0 Å². The van der Waals surface area contributed by atoms with Gasteiger partial charge >= 0.3 is 0 Å². The average molecular weight is 242 g/mol. The van der Waals surface area contributed by atoms with Gasteiger partial charge in [0.15, 0.2) is 0 Å². The first-order valence-electron chi connectivity index (χ1n) is 5.36. The van der Waals surface area contributed by atoms with Crippen molar-refractivity contribution >= 4 is 22.9 Å². The Labute approximate surface area is 99.7 Å². The molecule has 1 aromatic heterocycles. The number of nitrogen functional groups attached to an aromatic ring is 1. The second-order valence-corrected chi connectivity index (χ2v) is 4.89. The number of aliphatic hydroxyl groups excluding tert-OH is 1. The van der Waals surface area contributed by atoms with E-state index in [9.17, 15) is 4.79 Å². The highest BCUT2D eigenvalue weighted by Crippen LogP contribution is 2.24. The van der Waals surface area contributed by atoms with Crippen LogP contribution in [-0.2, 0) is 0 Å². The van der Waals surface area contributed by atoms with Crippen molar-refractivity contribution in [3.05, 3.63) is 15.8 Å². The Hall–Kier alpha value is -1.07. The Morgan fingerprint density at radius 1 is 1.56 bits per heavy atom. The van der Waals surface area contributed by atoms with Gasteiger partial charge in [0.05, 0.1) is 11.5 Å². The molecule has 0 aliphatic rings. The number of rotatable bonds is 5. The van der Waals surface area contributed by atoms with Gasteiger partial charge in [0, 0.05) is 23.7 Å². The first-order valence-corrected chi connectivity index (χ1v) is 6.17. The van der Waals surface area contributed by atoms with Crippen LogP contribution in [0.5, 0.6) is 0 Å². The van der Waals surface area contributed by atoms with Gasteiger partial charge in [-0.05, 0) is 19.4 Å². The molecular weight excluding hydrogens is 224 g/mol. The molecule has 0 spiro atoms. The van der Waals surface area contributed by atoms with E-state index in [0.29, 0.717) is 23.7 Å². The number of nitrogens with zero attached hydrogens (tertiary/aromatic N) is 1. The molecule has 0 aliphatic carbocycles. The number of hydrogen-bond acceptors (Lipinski definition) is 4. The summed E-state index contributed by atoms with van der Waals surface area (Å²) in [6.07, 6.45) is 0.881. The number of aryl methyl sites for hydroxylation is 1. The molecule has 5 heteroatoms. The smallest absolute Gasteiger partial charge is 0.264 e. The van der Waals surface area contributed by atoms with Crippen LogP contribution in [0.3, 0.4) is 0 Å². The molecule has 0 atom stereocenters. The second-order valence-electron chi connectivity index (χ2n) is 3.64. The summed E-state index contributed by atoms with van der Waals surface area (Å²) >= 11 is 1.40. The van der Waals surface area contributed by atoms with Crippen molar-refractivity contribution in [2.45, 2.75) is 20.3 Å². The lowest BCUT2D eigenvalue weighted by molar-refractivity contribution is 0.0727. The Balaban J connectivity index is 2.81. The van der Waals surface area contributed by atoms with E-state index in [1.54, 1.807) is 11.0 Å². The topological polar surface area (TPSA) is 66.6 Å². The molecule has 0 aromatic carbocycles. The molecule has 90 valence electrons. The number of aliphatic hydroxyl groups is 1. The SMILES string of the molecule is CCCN(CCO)C(=O)c1cc(N)c(C)s1. The summed E-state index contributed by atoms with van der Waals surface area (Å²) in [7, 11) is 0. The van der Waals surface area contributed by atoms with E-state index in [1.807, 2.05) is 13.8 Å². The number of thiophene rings is 1. The van der Waals surface area contributed by atoms with Gasteiger partial charge in [0.1, 0.15) is 0 Å². The van der Waals surface area contributed by atoms with E-state index in [1.165, 1.54) is 11.3 Å². The monoisotopic (exact) mass is 242 g/mol. The molecule has 0 unspecified atom stereocenters. The fraction of sp³-hybridized carbons (Fsp3) is 0.545. The van der Waals surface area contributed by atoms with Crippen LogP contribution in [-0.4, -0.2) is 35.6 Å². The first kappa shape index (κ1) is 13.0. The maximum Gasteiger partial charge on any atom is 0.264 e. The predicted octanol–water partition coefficient (Wildman–Crippen LogP) is 1.48. The van der Waals surface area contributed by atoms with Crippen molar-refractivity contribution in [2.24, 2.45) is 0 Å². The summed E-state index contributed by atoms with van der Waals surface area (Å²) < 4.78 is 0. The third-order valence-corrected chi connectivity index (χ3v) is 3.37. The van der Waals surface area contributed by atoms with Gasteiger partial charge in [-0.3, -0.25) is 4.79 Å². The summed E-state index contributed by atoms with van der Waals surface area (Å²) in [6.45, 7) is 4.93. The van der Waals surface area contributed by atoms with Crippen molar-refractivity contribution in [2.75, 3.05) is 25.4 Å². The second kappa shape index (κ2) is 5.86. The number of amides is 1. The first-order chi connectivity index (χ1) is 7.60. The normalized spacial score (nSPS) is 10.4. The van der Waals surface area contributed by atoms with Crippen LogP contribution >= 0.6 is 11.3 Å². The fourth-order valence-electron chi connectivity index (χ4n) is 1.46. The maximum atomic E-state index is 12.1. The van der Waals surface area contributed by atoms with Gasteiger partial charge in [-0.1, -0.05) is 6.92 Å². The van der Waals surface area contributed by atoms with E-state index >= 15 is 0 Å². The molecule has 16 heavy (non-hydrogen) atoms. The standard InChI is InChI=1S/C11H18N2O2S/c1-3-4-13(5-6-14)11(15)10-7-9(12)8(2)16-10/h7,14H,3-6,12H2,1-2H3. The highest BCUT2D eigenvalue weighted by molar-refractivity contribution is 7.14. The van der Waals surface area contributed by atoms with E-state index in [4.69, 9.17) is 10.8 Å². The molecule has 0 aliphatic heterocycles. The zero-order valence-corrected chi connectivity index (χ0v) is 10.5. The van der Waals surface area contributed by atoms with Gasteiger partial charge in [0.2, 0.25) is 0 Å². The molecule has 0 fully saturated rings. The molecule has 0 saturated heterocycles. The lowest BCUT2D eigenvalue weighted by Gasteiger charge is -2.19. The molecule has 1 amide bonds. The average Bonchev–Trinajstić information content (AvgIpc) is 2.58. The molecule has 1 heterocycles. The van der Waals surface area contributed by atoms with Crippen LogP contribution in [0.25, 0.3) is 0 Å². The highest BCUT2D eigenvalue weighted by atomic mass is 32.1. The third-order valence-electron chi connectivity index (χ3n) is 2.32. The number of nitrogens with two attached hydrogens (primary N) is 1. The molecule has 0 radical (unpaired) electrons. The van der Waals surface area contributed by atoms with Crippen molar-refractivity contribution in [3.8, 4) is 0 Å². The van der Waals surface area contributed by atoms with E-state index in [2.05, 4.69) is 0 Å². The predicted molar refractivity (Wildman–Crippen MR) is 66.7 cm³/mol. The van der Waals surface area contributed by atoms with Crippen molar-refractivity contribution in [1.82, 2.24) is 4.90 Å². The van der Waals surface area contributed by atoms with Crippen molar-refractivity contribution in [3.63, 3.8) is 0 Å². The quantitative estimate of drug-likeness (QED) is 0.822.